The molecule has 1 aromatic rings. The lowest BCUT2D eigenvalue weighted by molar-refractivity contribution is 0.0341. The molecule has 0 atom stereocenters. The SMILES string of the molecule is CC(C)c1ncc(CN2CCOCC2)cn1. The van der Waals surface area contributed by atoms with E-state index in [0.29, 0.717) is 5.92 Å². The zero-order chi connectivity index (χ0) is 11.4. The molecule has 2 rings (SSSR count). The highest BCUT2D eigenvalue weighted by Gasteiger charge is 2.11. The van der Waals surface area contributed by atoms with Gasteiger partial charge in [-0.3, -0.25) is 4.90 Å². The first-order valence-electron chi connectivity index (χ1n) is 5.86. The minimum Gasteiger partial charge on any atom is -0.379 e. The standard InChI is InChI=1S/C12H19N3O/c1-10(2)12-13-7-11(8-14-12)9-15-3-5-16-6-4-15/h7-8,10H,3-6,9H2,1-2H3. The molecule has 1 saturated heterocycles. The van der Waals surface area contributed by atoms with Gasteiger partial charge in [0.05, 0.1) is 13.2 Å². The molecule has 0 saturated carbocycles. The molecule has 0 bridgehead atoms. The van der Waals surface area contributed by atoms with Crippen molar-refractivity contribution in [2.45, 2.75) is 26.3 Å². The molecule has 0 spiro atoms. The van der Waals surface area contributed by atoms with Crippen LogP contribution >= 0.6 is 0 Å². The van der Waals surface area contributed by atoms with Crippen LogP contribution in [0.2, 0.25) is 0 Å². The van der Waals surface area contributed by atoms with E-state index in [2.05, 4.69) is 28.7 Å². The predicted octanol–water partition coefficient (Wildman–Crippen LogP) is 1.43. The van der Waals surface area contributed by atoms with Gasteiger partial charge in [0.1, 0.15) is 5.82 Å². The Morgan fingerprint density at radius 3 is 2.44 bits per heavy atom. The molecule has 0 amide bonds. The normalized spacial score (nSPS) is 17.9. The van der Waals surface area contributed by atoms with Crippen LogP contribution in [0.25, 0.3) is 0 Å². The van der Waals surface area contributed by atoms with Gasteiger partial charge in [0.2, 0.25) is 0 Å². The lowest BCUT2D eigenvalue weighted by Crippen LogP contribution is -2.35. The van der Waals surface area contributed by atoms with Crippen molar-refractivity contribution in [1.29, 1.82) is 0 Å². The molecule has 0 radical (unpaired) electrons. The zero-order valence-electron chi connectivity index (χ0n) is 10.0. The summed E-state index contributed by atoms with van der Waals surface area (Å²) in [6.07, 6.45) is 3.88. The maximum atomic E-state index is 5.32. The summed E-state index contributed by atoms with van der Waals surface area (Å²) in [7, 11) is 0. The van der Waals surface area contributed by atoms with Gasteiger partial charge in [-0.2, -0.15) is 0 Å². The quantitative estimate of drug-likeness (QED) is 0.774. The third-order valence-corrected chi connectivity index (χ3v) is 2.75. The Bertz CT molecular complexity index is 318. The highest BCUT2D eigenvalue weighted by molar-refractivity contribution is 5.06. The molecule has 1 aliphatic rings. The third-order valence-electron chi connectivity index (χ3n) is 2.75. The van der Waals surface area contributed by atoms with Gasteiger partial charge in [-0.1, -0.05) is 13.8 Å². The largest absolute Gasteiger partial charge is 0.379 e. The maximum Gasteiger partial charge on any atom is 0.130 e. The molecule has 16 heavy (non-hydrogen) atoms. The summed E-state index contributed by atoms with van der Waals surface area (Å²) in [5.74, 6) is 1.32. The van der Waals surface area contributed by atoms with Crippen molar-refractivity contribution in [3.8, 4) is 0 Å². The van der Waals surface area contributed by atoms with Crippen molar-refractivity contribution in [2.24, 2.45) is 0 Å². The lowest BCUT2D eigenvalue weighted by Gasteiger charge is -2.26. The van der Waals surface area contributed by atoms with Crippen LogP contribution in [0.3, 0.4) is 0 Å². The first-order valence-corrected chi connectivity index (χ1v) is 5.86. The van der Waals surface area contributed by atoms with Gasteiger partial charge >= 0.3 is 0 Å². The van der Waals surface area contributed by atoms with Gasteiger partial charge in [-0.25, -0.2) is 9.97 Å². The number of aromatic nitrogens is 2. The average molecular weight is 221 g/mol. The minimum atomic E-state index is 0.400. The van der Waals surface area contributed by atoms with E-state index in [1.807, 2.05) is 12.4 Å². The Balaban J connectivity index is 1.93. The van der Waals surface area contributed by atoms with Crippen LogP contribution in [-0.4, -0.2) is 41.2 Å². The second-order valence-electron chi connectivity index (χ2n) is 4.49. The van der Waals surface area contributed by atoms with E-state index in [1.54, 1.807) is 0 Å². The summed E-state index contributed by atoms with van der Waals surface area (Å²) in [5.41, 5.74) is 1.19. The smallest absolute Gasteiger partial charge is 0.130 e. The zero-order valence-corrected chi connectivity index (χ0v) is 10.0. The Morgan fingerprint density at radius 2 is 1.88 bits per heavy atom. The van der Waals surface area contributed by atoms with Gasteiger partial charge in [0.25, 0.3) is 0 Å². The lowest BCUT2D eigenvalue weighted by atomic mass is 10.2. The Hall–Kier alpha value is -1.00. The van der Waals surface area contributed by atoms with E-state index in [1.165, 1.54) is 5.56 Å². The predicted molar refractivity (Wildman–Crippen MR) is 62.2 cm³/mol. The molecule has 1 fully saturated rings. The number of nitrogens with zero attached hydrogens (tertiary/aromatic N) is 3. The summed E-state index contributed by atoms with van der Waals surface area (Å²) in [5, 5.41) is 0. The molecule has 0 aliphatic carbocycles. The van der Waals surface area contributed by atoms with E-state index < -0.39 is 0 Å². The summed E-state index contributed by atoms with van der Waals surface area (Å²) in [6, 6.07) is 0. The fourth-order valence-electron chi connectivity index (χ4n) is 1.76. The molecule has 1 aromatic heterocycles. The topological polar surface area (TPSA) is 38.2 Å². The maximum absolute atomic E-state index is 5.32. The Kier molecular flexibility index (Phi) is 3.85. The van der Waals surface area contributed by atoms with Crippen molar-refractivity contribution in [2.75, 3.05) is 26.3 Å². The highest BCUT2D eigenvalue weighted by atomic mass is 16.5. The van der Waals surface area contributed by atoms with Gasteiger partial charge in [0.15, 0.2) is 0 Å². The molecule has 0 N–H and O–H groups in total. The summed E-state index contributed by atoms with van der Waals surface area (Å²) in [4.78, 5) is 11.1. The molecule has 4 heteroatoms. The van der Waals surface area contributed by atoms with E-state index in [-0.39, 0.29) is 0 Å². The van der Waals surface area contributed by atoms with Gasteiger partial charge < -0.3 is 4.74 Å². The van der Waals surface area contributed by atoms with E-state index >= 15 is 0 Å². The minimum absolute atomic E-state index is 0.400. The molecule has 2 heterocycles. The molecule has 88 valence electrons. The van der Waals surface area contributed by atoms with E-state index in [0.717, 1.165) is 38.7 Å². The van der Waals surface area contributed by atoms with Crippen molar-refractivity contribution in [3.63, 3.8) is 0 Å². The van der Waals surface area contributed by atoms with Crippen LogP contribution in [0.4, 0.5) is 0 Å². The third kappa shape index (κ3) is 3.00. The molecule has 1 aliphatic heterocycles. The Morgan fingerprint density at radius 1 is 1.25 bits per heavy atom. The molecule has 4 nitrogen and oxygen atoms in total. The van der Waals surface area contributed by atoms with E-state index in [9.17, 15) is 0 Å². The first-order chi connectivity index (χ1) is 7.75. The number of morpholine rings is 1. The molecule has 0 unspecified atom stereocenters. The summed E-state index contributed by atoms with van der Waals surface area (Å²) < 4.78 is 5.32. The van der Waals surface area contributed by atoms with Crippen LogP contribution < -0.4 is 0 Å². The number of ether oxygens (including phenoxy) is 1. The molecular formula is C12H19N3O. The highest BCUT2D eigenvalue weighted by Crippen LogP contribution is 2.09. The van der Waals surface area contributed by atoms with Crippen LogP contribution in [0.15, 0.2) is 12.4 Å². The van der Waals surface area contributed by atoms with Gasteiger partial charge in [-0.15, -0.1) is 0 Å². The fourth-order valence-corrected chi connectivity index (χ4v) is 1.76. The number of hydrogen-bond donors (Lipinski definition) is 0. The second-order valence-corrected chi connectivity index (χ2v) is 4.49. The van der Waals surface area contributed by atoms with Crippen LogP contribution in [-0.2, 0) is 11.3 Å². The Labute approximate surface area is 96.7 Å². The number of hydrogen-bond acceptors (Lipinski definition) is 4. The fraction of sp³-hybridized carbons (Fsp3) is 0.667. The van der Waals surface area contributed by atoms with Crippen molar-refractivity contribution in [3.05, 3.63) is 23.8 Å². The van der Waals surface area contributed by atoms with Crippen LogP contribution in [0.5, 0.6) is 0 Å². The summed E-state index contributed by atoms with van der Waals surface area (Å²) in [6.45, 7) is 8.84. The van der Waals surface area contributed by atoms with Crippen molar-refractivity contribution < 1.29 is 4.74 Å². The van der Waals surface area contributed by atoms with Crippen LogP contribution in [0.1, 0.15) is 31.2 Å². The monoisotopic (exact) mass is 221 g/mol. The van der Waals surface area contributed by atoms with Crippen LogP contribution in [0, 0.1) is 0 Å². The molecular weight excluding hydrogens is 202 g/mol. The number of rotatable bonds is 3. The van der Waals surface area contributed by atoms with Gasteiger partial charge in [-0.05, 0) is 0 Å². The summed E-state index contributed by atoms with van der Waals surface area (Å²) >= 11 is 0. The average Bonchev–Trinajstić information content (AvgIpc) is 2.31. The van der Waals surface area contributed by atoms with Gasteiger partial charge in [0, 0.05) is 43.5 Å². The van der Waals surface area contributed by atoms with E-state index in [4.69, 9.17) is 4.74 Å². The molecule has 0 aromatic carbocycles. The first kappa shape index (κ1) is 11.5. The second kappa shape index (κ2) is 5.37. The van der Waals surface area contributed by atoms with Crippen molar-refractivity contribution >= 4 is 0 Å². The van der Waals surface area contributed by atoms with Crippen molar-refractivity contribution in [1.82, 2.24) is 14.9 Å².